The molecule has 0 spiro atoms. The van der Waals surface area contributed by atoms with Crippen LogP contribution >= 0.6 is 0 Å². The number of carbonyl (C=O) groups excluding carboxylic acids is 1. The standard InChI is InChI=1S/C20H34N4O/c1-4-23-11-13-24(14-12-23)10-6-5-9-21-20(25)22-16-19-8-7-17(2)15-18(19)3/h7-8,15H,4-6,9-14,16H2,1-3H3,(H2,21,22,25). The van der Waals surface area contributed by atoms with Crippen molar-refractivity contribution in [3.63, 3.8) is 0 Å². The number of carbonyl (C=O) groups is 1. The van der Waals surface area contributed by atoms with E-state index in [2.05, 4.69) is 59.4 Å². The minimum Gasteiger partial charge on any atom is -0.338 e. The monoisotopic (exact) mass is 346 g/mol. The molecule has 1 aromatic rings. The first-order chi connectivity index (χ1) is 12.1. The summed E-state index contributed by atoms with van der Waals surface area (Å²) in [4.78, 5) is 16.9. The van der Waals surface area contributed by atoms with E-state index >= 15 is 0 Å². The smallest absolute Gasteiger partial charge is 0.315 e. The van der Waals surface area contributed by atoms with Crippen LogP contribution in [-0.4, -0.2) is 61.6 Å². The summed E-state index contributed by atoms with van der Waals surface area (Å²) in [5.41, 5.74) is 3.65. The van der Waals surface area contributed by atoms with E-state index in [9.17, 15) is 4.79 Å². The number of hydrogen-bond donors (Lipinski definition) is 2. The lowest BCUT2D eigenvalue weighted by molar-refractivity contribution is 0.135. The number of benzene rings is 1. The Morgan fingerprint density at radius 2 is 1.76 bits per heavy atom. The molecule has 0 atom stereocenters. The van der Waals surface area contributed by atoms with Gasteiger partial charge in [0.2, 0.25) is 0 Å². The summed E-state index contributed by atoms with van der Waals surface area (Å²) in [6.45, 7) is 14.8. The van der Waals surface area contributed by atoms with Gasteiger partial charge in [0.15, 0.2) is 0 Å². The number of amides is 2. The molecule has 0 bridgehead atoms. The number of urea groups is 1. The lowest BCUT2D eigenvalue weighted by atomic mass is 10.1. The second kappa shape index (κ2) is 10.4. The summed E-state index contributed by atoms with van der Waals surface area (Å²) in [6.07, 6.45) is 2.18. The number of piperazine rings is 1. The van der Waals surface area contributed by atoms with Crippen LogP contribution in [0.5, 0.6) is 0 Å². The zero-order valence-corrected chi connectivity index (χ0v) is 16.1. The molecule has 0 aromatic heterocycles. The van der Waals surface area contributed by atoms with Crippen molar-refractivity contribution in [1.82, 2.24) is 20.4 Å². The Hall–Kier alpha value is -1.59. The van der Waals surface area contributed by atoms with Crippen molar-refractivity contribution in [3.05, 3.63) is 34.9 Å². The lowest BCUT2D eigenvalue weighted by Crippen LogP contribution is -2.46. The second-order valence-corrected chi connectivity index (χ2v) is 7.02. The van der Waals surface area contributed by atoms with Gasteiger partial charge in [0.25, 0.3) is 0 Å². The highest BCUT2D eigenvalue weighted by molar-refractivity contribution is 5.73. The van der Waals surface area contributed by atoms with Gasteiger partial charge in [-0.2, -0.15) is 0 Å². The van der Waals surface area contributed by atoms with Crippen molar-refractivity contribution in [2.75, 3.05) is 45.8 Å². The molecule has 2 rings (SSSR count). The fourth-order valence-corrected chi connectivity index (χ4v) is 3.27. The third-order valence-electron chi connectivity index (χ3n) is 5.04. The highest BCUT2D eigenvalue weighted by Crippen LogP contribution is 2.10. The van der Waals surface area contributed by atoms with E-state index in [1.165, 1.54) is 42.9 Å². The lowest BCUT2D eigenvalue weighted by Gasteiger charge is -2.33. The molecule has 0 radical (unpaired) electrons. The Morgan fingerprint density at radius 3 is 2.44 bits per heavy atom. The first-order valence-electron chi connectivity index (χ1n) is 9.61. The van der Waals surface area contributed by atoms with Crippen LogP contribution in [0, 0.1) is 13.8 Å². The molecule has 1 saturated heterocycles. The summed E-state index contributed by atoms with van der Waals surface area (Å²) in [7, 11) is 0. The zero-order chi connectivity index (χ0) is 18.1. The molecule has 2 N–H and O–H groups in total. The van der Waals surface area contributed by atoms with Crippen LogP contribution in [-0.2, 0) is 6.54 Å². The Balaban J connectivity index is 1.52. The highest BCUT2D eigenvalue weighted by Gasteiger charge is 2.14. The summed E-state index contributed by atoms with van der Waals surface area (Å²) in [6, 6.07) is 6.25. The minimum absolute atomic E-state index is 0.0727. The maximum atomic E-state index is 11.9. The van der Waals surface area contributed by atoms with Gasteiger partial charge in [-0.05, 0) is 50.9 Å². The predicted octanol–water partition coefficient (Wildman–Crippen LogP) is 2.52. The SMILES string of the molecule is CCN1CCN(CCCCNC(=O)NCc2ccc(C)cc2C)CC1. The van der Waals surface area contributed by atoms with E-state index < -0.39 is 0 Å². The summed E-state index contributed by atoms with van der Waals surface area (Å²) in [5, 5.41) is 5.91. The van der Waals surface area contributed by atoms with Gasteiger partial charge in [-0.1, -0.05) is 30.7 Å². The maximum Gasteiger partial charge on any atom is 0.315 e. The maximum absolute atomic E-state index is 11.9. The van der Waals surface area contributed by atoms with E-state index in [0.29, 0.717) is 6.54 Å². The van der Waals surface area contributed by atoms with E-state index in [4.69, 9.17) is 0 Å². The molecule has 2 amide bonds. The number of nitrogens with one attached hydrogen (secondary N) is 2. The molecule has 0 aliphatic carbocycles. The van der Waals surface area contributed by atoms with Gasteiger partial charge in [0.1, 0.15) is 0 Å². The molecule has 1 aliphatic rings. The number of unbranched alkanes of at least 4 members (excludes halogenated alkanes) is 1. The molecular formula is C20H34N4O. The number of likely N-dealkylation sites (N-methyl/N-ethyl adjacent to an activating group) is 1. The van der Waals surface area contributed by atoms with Crippen LogP contribution in [0.2, 0.25) is 0 Å². The third-order valence-corrected chi connectivity index (χ3v) is 5.04. The number of aryl methyl sites for hydroxylation is 2. The molecule has 1 aliphatic heterocycles. The number of hydrogen-bond acceptors (Lipinski definition) is 3. The van der Waals surface area contributed by atoms with Crippen LogP contribution in [0.4, 0.5) is 4.79 Å². The molecule has 1 fully saturated rings. The second-order valence-electron chi connectivity index (χ2n) is 7.02. The van der Waals surface area contributed by atoms with Gasteiger partial charge in [0.05, 0.1) is 0 Å². The van der Waals surface area contributed by atoms with Gasteiger partial charge in [-0.25, -0.2) is 4.79 Å². The van der Waals surface area contributed by atoms with Gasteiger partial charge in [0, 0.05) is 39.3 Å². The summed E-state index contributed by atoms with van der Waals surface area (Å²) in [5.74, 6) is 0. The first kappa shape index (κ1) is 19.7. The molecule has 5 nitrogen and oxygen atoms in total. The van der Waals surface area contributed by atoms with E-state index in [-0.39, 0.29) is 6.03 Å². The zero-order valence-electron chi connectivity index (χ0n) is 16.1. The molecule has 0 unspecified atom stereocenters. The van der Waals surface area contributed by atoms with Crippen molar-refractivity contribution in [3.8, 4) is 0 Å². The van der Waals surface area contributed by atoms with Crippen molar-refractivity contribution in [2.45, 2.75) is 40.2 Å². The molecule has 0 saturated carbocycles. The molecular weight excluding hydrogens is 312 g/mol. The Kier molecular flexibility index (Phi) is 8.22. The van der Waals surface area contributed by atoms with Crippen molar-refractivity contribution in [2.24, 2.45) is 0 Å². The Bertz CT molecular complexity index is 538. The topological polar surface area (TPSA) is 47.6 Å². The summed E-state index contributed by atoms with van der Waals surface area (Å²) >= 11 is 0. The third kappa shape index (κ3) is 7.04. The molecule has 5 heteroatoms. The number of rotatable bonds is 8. The van der Waals surface area contributed by atoms with Crippen LogP contribution in [0.1, 0.15) is 36.5 Å². The van der Waals surface area contributed by atoms with Gasteiger partial charge in [-0.3, -0.25) is 0 Å². The van der Waals surface area contributed by atoms with Crippen LogP contribution in [0.15, 0.2) is 18.2 Å². The van der Waals surface area contributed by atoms with Crippen LogP contribution < -0.4 is 10.6 Å². The minimum atomic E-state index is -0.0727. The fraction of sp³-hybridized carbons (Fsp3) is 0.650. The first-order valence-corrected chi connectivity index (χ1v) is 9.61. The highest BCUT2D eigenvalue weighted by atomic mass is 16.2. The van der Waals surface area contributed by atoms with Gasteiger partial charge < -0.3 is 20.4 Å². The quantitative estimate of drug-likeness (QED) is 0.711. The molecule has 140 valence electrons. The Morgan fingerprint density at radius 1 is 1.04 bits per heavy atom. The van der Waals surface area contributed by atoms with Crippen molar-refractivity contribution >= 4 is 6.03 Å². The van der Waals surface area contributed by atoms with Gasteiger partial charge in [-0.15, -0.1) is 0 Å². The molecule has 1 aromatic carbocycles. The largest absolute Gasteiger partial charge is 0.338 e. The van der Waals surface area contributed by atoms with Crippen LogP contribution in [0.25, 0.3) is 0 Å². The van der Waals surface area contributed by atoms with Crippen LogP contribution in [0.3, 0.4) is 0 Å². The Labute approximate surface area is 152 Å². The van der Waals surface area contributed by atoms with Gasteiger partial charge >= 0.3 is 6.03 Å². The van der Waals surface area contributed by atoms with Crippen molar-refractivity contribution < 1.29 is 4.79 Å². The summed E-state index contributed by atoms with van der Waals surface area (Å²) < 4.78 is 0. The average molecular weight is 347 g/mol. The molecule has 25 heavy (non-hydrogen) atoms. The van der Waals surface area contributed by atoms with E-state index in [1.54, 1.807) is 0 Å². The normalized spacial score (nSPS) is 16.0. The predicted molar refractivity (Wildman–Crippen MR) is 104 cm³/mol. The fourth-order valence-electron chi connectivity index (χ4n) is 3.27. The number of nitrogens with zero attached hydrogens (tertiary/aromatic N) is 2. The van der Waals surface area contributed by atoms with E-state index in [1.807, 2.05) is 0 Å². The molecule has 1 heterocycles. The van der Waals surface area contributed by atoms with E-state index in [0.717, 1.165) is 32.5 Å². The average Bonchev–Trinajstić information content (AvgIpc) is 2.61. The van der Waals surface area contributed by atoms with Crippen molar-refractivity contribution in [1.29, 1.82) is 0 Å².